The molecule has 0 bridgehead atoms. The van der Waals surface area contributed by atoms with Gasteiger partial charge in [-0.25, -0.2) is 0 Å². The Balaban J connectivity index is 1.32. The third-order valence-corrected chi connectivity index (χ3v) is 5.92. The predicted molar refractivity (Wildman–Crippen MR) is 102 cm³/mol. The molecule has 3 aromatic rings. The Labute approximate surface area is 159 Å². The van der Waals surface area contributed by atoms with Crippen molar-refractivity contribution in [2.24, 2.45) is 5.16 Å². The van der Waals surface area contributed by atoms with Crippen molar-refractivity contribution in [2.75, 3.05) is 13.2 Å². The van der Waals surface area contributed by atoms with E-state index in [1.54, 1.807) is 35.6 Å². The molecule has 2 amide bonds. The van der Waals surface area contributed by atoms with Crippen molar-refractivity contribution >= 4 is 28.9 Å². The van der Waals surface area contributed by atoms with Gasteiger partial charge in [-0.05, 0) is 42.1 Å². The molecule has 27 heavy (non-hydrogen) atoms. The van der Waals surface area contributed by atoms with E-state index < -0.39 is 0 Å². The Morgan fingerprint density at radius 3 is 2.56 bits per heavy atom. The highest BCUT2D eigenvalue weighted by Gasteiger charge is 2.35. The molecule has 0 atom stereocenters. The highest BCUT2D eigenvalue weighted by molar-refractivity contribution is 7.13. The first-order valence-corrected chi connectivity index (χ1v) is 9.46. The van der Waals surface area contributed by atoms with Crippen molar-refractivity contribution in [3.8, 4) is 5.69 Å². The molecule has 2 aliphatic heterocycles. The van der Waals surface area contributed by atoms with Crippen LogP contribution in [0.3, 0.4) is 0 Å². The highest BCUT2D eigenvalue weighted by atomic mass is 32.1. The molecule has 0 aliphatic carbocycles. The van der Waals surface area contributed by atoms with E-state index in [1.807, 2.05) is 18.3 Å². The molecule has 0 fully saturated rings. The molecule has 5 rings (SSSR count). The van der Waals surface area contributed by atoms with E-state index in [1.165, 1.54) is 10.5 Å². The summed E-state index contributed by atoms with van der Waals surface area (Å²) in [5, 5.41) is 6.41. The van der Waals surface area contributed by atoms with Gasteiger partial charge in [0.2, 0.25) is 0 Å². The summed E-state index contributed by atoms with van der Waals surface area (Å²) in [5.74, 6) is -0.560. The fourth-order valence-electron chi connectivity index (χ4n) is 3.56. The first-order valence-electron chi connectivity index (χ1n) is 8.58. The van der Waals surface area contributed by atoms with Crippen LogP contribution >= 0.6 is 11.3 Å². The van der Waals surface area contributed by atoms with Gasteiger partial charge in [0.05, 0.1) is 33.9 Å². The van der Waals surface area contributed by atoms with Crippen LogP contribution in [0.1, 0.15) is 36.9 Å². The number of aryl methyl sites for hydroxylation is 1. The maximum atomic E-state index is 12.4. The number of amides is 2. The van der Waals surface area contributed by atoms with Gasteiger partial charge in [0, 0.05) is 6.20 Å². The minimum Gasteiger partial charge on any atom is -0.393 e. The van der Waals surface area contributed by atoms with Crippen LogP contribution in [0.15, 0.2) is 53.1 Å². The summed E-state index contributed by atoms with van der Waals surface area (Å²) in [7, 11) is 0. The molecule has 2 aromatic heterocycles. The lowest BCUT2D eigenvalue weighted by atomic mass is 10.1. The molecule has 4 heterocycles. The Bertz CT molecular complexity index is 1090. The second-order valence-electron chi connectivity index (χ2n) is 6.44. The number of benzene rings is 1. The van der Waals surface area contributed by atoms with Crippen LogP contribution in [-0.4, -0.2) is 40.1 Å². The molecule has 1 aromatic carbocycles. The summed E-state index contributed by atoms with van der Waals surface area (Å²) in [6.07, 6.45) is 2.01. The second-order valence-corrected chi connectivity index (χ2v) is 7.32. The first-order chi connectivity index (χ1) is 13.2. The van der Waals surface area contributed by atoms with Crippen LogP contribution in [-0.2, 0) is 4.84 Å². The van der Waals surface area contributed by atoms with Gasteiger partial charge < -0.3 is 9.40 Å². The molecule has 0 unspecified atom stereocenters. The van der Waals surface area contributed by atoms with Gasteiger partial charge in [0.25, 0.3) is 11.8 Å². The summed E-state index contributed by atoms with van der Waals surface area (Å²) in [5.41, 5.74) is 5.00. The molecule has 6 nitrogen and oxygen atoms in total. The van der Waals surface area contributed by atoms with Gasteiger partial charge >= 0.3 is 0 Å². The summed E-state index contributed by atoms with van der Waals surface area (Å²) in [6.45, 7) is 2.39. The Morgan fingerprint density at radius 2 is 1.81 bits per heavy atom. The number of hydrogen-bond donors (Lipinski definition) is 0. The SMILES string of the molecule is Cc1csc2c1-n1cccc1/C2=N/OCCN1C(=O)c2ccccc2C1=O. The molecule has 134 valence electrons. The van der Waals surface area contributed by atoms with Crippen molar-refractivity contribution in [3.05, 3.63) is 75.2 Å². The fraction of sp³-hybridized carbons (Fsp3) is 0.150. The van der Waals surface area contributed by atoms with Gasteiger partial charge in [-0.1, -0.05) is 17.3 Å². The minimum atomic E-state index is -0.280. The topological polar surface area (TPSA) is 63.9 Å². The largest absolute Gasteiger partial charge is 0.393 e. The molecule has 0 radical (unpaired) electrons. The van der Waals surface area contributed by atoms with Crippen LogP contribution in [0, 0.1) is 6.92 Å². The molecular weight excluding hydrogens is 362 g/mol. The van der Waals surface area contributed by atoms with Crippen LogP contribution in [0.2, 0.25) is 0 Å². The summed E-state index contributed by atoms with van der Waals surface area (Å²) in [6, 6.07) is 10.8. The van der Waals surface area contributed by atoms with Crippen molar-refractivity contribution in [1.82, 2.24) is 9.47 Å². The summed E-state index contributed by atoms with van der Waals surface area (Å²) < 4.78 is 2.10. The van der Waals surface area contributed by atoms with Crippen LogP contribution in [0.5, 0.6) is 0 Å². The van der Waals surface area contributed by atoms with E-state index in [-0.39, 0.29) is 25.0 Å². The molecular formula is C20H15N3O3S. The van der Waals surface area contributed by atoms with Gasteiger partial charge in [0.1, 0.15) is 12.3 Å². The van der Waals surface area contributed by atoms with E-state index in [9.17, 15) is 9.59 Å². The number of rotatable bonds is 4. The monoisotopic (exact) mass is 377 g/mol. The van der Waals surface area contributed by atoms with E-state index >= 15 is 0 Å². The van der Waals surface area contributed by atoms with Crippen molar-refractivity contribution in [3.63, 3.8) is 0 Å². The average molecular weight is 377 g/mol. The predicted octanol–water partition coefficient (Wildman–Crippen LogP) is 3.23. The molecule has 7 heteroatoms. The lowest BCUT2D eigenvalue weighted by molar-refractivity contribution is 0.0571. The smallest absolute Gasteiger partial charge is 0.261 e. The van der Waals surface area contributed by atoms with Crippen molar-refractivity contribution < 1.29 is 14.4 Å². The highest BCUT2D eigenvalue weighted by Crippen LogP contribution is 2.36. The molecule has 2 aliphatic rings. The van der Waals surface area contributed by atoms with Gasteiger partial charge in [0.15, 0.2) is 0 Å². The van der Waals surface area contributed by atoms with Crippen molar-refractivity contribution in [1.29, 1.82) is 0 Å². The van der Waals surface area contributed by atoms with E-state index in [4.69, 9.17) is 4.84 Å². The minimum absolute atomic E-state index is 0.148. The number of aromatic nitrogens is 1. The standard InChI is InChI=1S/C20H15N3O3S/c1-12-11-27-18-16(15-7-4-8-22(15)17(12)18)21-26-10-9-23-19(24)13-5-2-3-6-14(13)20(23)25/h2-8,11H,9-10H2,1H3/b21-16-. The van der Waals surface area contributed by atoms with E-state index in [0.29, 0.717) is 11.1 Å². The maximum Gasteiger partial charge on any atom is 0.261 e. The molecule has 0 spiro atoms. The zero-order chi connectivity index (χ0) is 18.5. The number of imide groups is 1. The molecule has 0 saturated heterocycles. The molecule has 0 N–H and O–H groups in total. The van der Waals surface area contributed by atoms with E-state index in [2.05, 4.69) is 22.0 Å². The number of thiophene rings is 1. The van der Waals surface area contributed by atoms with Crippen LogP contribution in [0.4, 0.5) is 0 Å². The second kappa shape index (κ2) is 5.92. The van der Waals surface area contributed by atoms with Crippen LogP contribution < -0.4 is 0 Å². The van der Waals surface area contributed by atoms with Gasteiger partial charge in [-0.2, -0.15) is 0 Å². The number of hydrogen-bond acceptors (Lipinski definition) is 5. The number of nitrogens with zero attached hydrogens (tertiary/aromatic N) is 3. The zero-order valence-corrected chi connectivity index (χ0v) is 15.3. The Hall–Kier alpha value is -3.19. The zero-order valence-electron chi connectivity index (χ0n) is 14.5. The quantitative estimate of drug-likeness (QED) is 0.312. The summed E-state index contributed by atoms with van der Waals surface area (Å²) in [4.78, 5) is 32.5. The van der Waals surface area contributed by atoms with Crippen LogP contribution in [0.25, 0.3) is 5.69 Å². The first kappa shape index (κ1) is 16.0. The Morgan fingerprint density at radius 1 is 1.07 bits per heavy atom. The number of carbonyl (C=O) groups excluding carboxylic acids is 2. The maximum absolute atomic E-state index is 12.4. The molecule has 0 saturated carbocycles. The third-order valence-electron chi connectivity index (χ3n) is 4.83. The van der Waals surface area contributed by atoms with Crippen molar-refractivity contribution in [2.45, 2.75) is 6.92 Å². The fourth-order valence-corrected chi connectivity index (χ4v) is 4.59. The lowest BCUT2D eigenvalue weighted by Crippen LogP contribution is -2.32. The number of oxime groups is 1. The van der Waals surface area contributed by atoms with Gasteiger partial charge in [-0.3, -0.25) is 14.5 Å². The summed E-state index contributed by atoms with van der Waals surface area (Å²) >= 11 is 1.63. The number of fused-ring (bicyclic) bond motifs is 4. The number of carbonyl (C=O) groups is 2. The van der Waals surface area contributed by atoms with E-state index in [0.717, 1.165) is 22.0 Å². The average Bonchev–Trinajstić information content (AvgIpc) is 3.39. The third kappa shape index (κ3) is 2.28. The lowest BCUT2D eigenvalue weighted by Gasteiger charge is -2.12. The normalized spacial score (nSPS) is 16.0. The van der Waals surface area contributed by atoms with Gasteiger partial charge in [-0.15, -0.1) is 11.3 Å². The Kier molecular flexibility index (Phi) is 3.51.